The summed E-state index contributed by atoms with van der Waals surface area (Å²) in [5.74, 6) is -0.0216. The quantitative estimate of drug-likeness (QED) is 0.530. The summed E-state index contributed by atoms with van der Waals surface area (Å²) < 4.78 is 5.44. The molecule has 0 aliphatic heterocycles. The average molecular weight is 368 g/mol. The molecule has 132 valence electrons. The van der Waals surface area contributed by atoms with Crippen molar-refractivity contribution >= 4 is 28.9 Å². The van der Waals surface area contributed by atoms with Gasteiger partial charge < -0.3 is 4.42 Å². The van der Waals surface area contributed by atoms with E-state index in [1.807, 2.05) is 18.2 Å². The number of thiazole rings is 1. The smallest absolute Gasteiger partial charge is 0.252 e. The lowest BCUT2D eigenvalue weighted by molar-refractivity contribution is -0.128. The highest BCUT2D eigenvalue weighted by molar-refractivity contribution is 7.12. The molecular formula is C18H16N4O3S. The molecule has 0 atom stereocenters. The van der Waals surface area contributed by atoms with Gasteiger partial charge in [0.25, 0.3) is 5.91 Å². The van der Waals surface area contributed by atoms with E-state index in [-0.39, 0.29) is 12.3 Å². The number of carbonyl (C=O) groups excluding carboxylic acids is 1. The highest BCUT2D eigenvalue weighted by atomic mass is 32.1. The van der Waals surface area contributed by atoms with Crippen LogP contribution >= 0.6 is 11.3 Å². The second-order valence-corrected chi connectivity index (χ2v) is 7.05. The van der Waals surface area contributed by atoms with Crippen molar-refractivity contribution in [3.05, 3.63) is 63.3 Å². The van der Waals surface area contributed by atoms with Crippen molar-refractivity contribution in [3.8, 4) is 0 Å². The Morgan fingerprint density at radius 3 is 2.81 bits per heavy atom. The predicted molar refractivity (Wildman–Crippen MR) is 95.5 cm³/mol. The molecule has 1 amide bonds. The van der Waals surface area contributed by atoms with Gasteiger partial charge in [0.1, 0.15) is 11.4 Å². The summed E-state index contributed by atoms with van der Waals surface area (Å²) >= 11 is 1.62. The number of carbonyl (C=O) groups is 1. The van der Waals surface area contributed by atoms with Crippen LogP contribution < -0.4 is 5.48 Å². The number of hydroxylamine groups is 1. The fourth-order valence-corrected chi connectivity index (χ4v) is 3.95. The van der Waals surface area contributed by atoms with Crippen LogP contribution in [0, 0.1) is 0 Å². The summed E-state index contributed by atoms with van der Waals surface area (Å²) in [5.41, 5.74) is 5.21. The number of benzene rings is 1. The van der Waals surface area contributed by atoms with Crippen LogP contribution in [0.25, 0.3) is 11.6 Å². The summed E-state index contributed by atoms with van der Waals surface area (Å²) in [6.45, 7) is 0. The maximum absolute atomic E-state index is 11.1. The van der Waals surface area contributed by atoms with Crippen LogP contribution in [0.3, 0.4) is 0 Å². The molecule has 0 spiro atoms. The van der Waals surface area contributed by atoms with Gasteiger partial charge in [0.15, 0.2) is 0 Å². The molecule has 0 unspecified atom stereocenters. The molecule has 0 fully saturated rings. The Bertz CT molecular complexity index is 962. The fraction of sp³-hybridized carbons (Fsp3) is 0.222. The van der Waals surface area contributed by atoms with E-state index in [1.54, 1.807) is 11.3 Å². The molecular weight excluding hydrogens is 352 g/mol. The third-order valence-electron chi connectivity index (χ3n) is 4.10. The van der Waals surface area contributed by atoms with E-state index in [0.717, 1.165) is 23.5 Å². The van der Waals surface area contributed by atoms with E-state index >= 15 is 0 Å². The lowest BCUT2D eigenvalue weighted by Crippen LogP contribution is -2.20. The molecule has 8 heteroatoms. The van der Waals surface area contributed by atoms with Crippen molar-refractivity contribution in [1.82, 2.24) is 20.7 Å². The number of hydrogen-bond acceptors (Lipinski definition) is 7. The maximum Gasteiger partial charge on any atom is 0.252 e. The summed E-state index contributed by atoms with van der Waals surface area (Å²) in [6, 6.07) is 10.4. The van der Waals surface area contributed by atoms with E-state index in [0.29, 0.717) is 12.3 Å². The molecule has 2 N–H and O–H groups in total. The van der Waals surface area contributed by atoms with Gasteiger partial charge in [0.2, 0.25) is 11.8 Å². The normalized spacial score (nSPS) is 13.2. The number of hydrogen-bond donors (Lipinski definition) is 2. The number of rotatable bonds is 5. The molecule has 3 aromatic rings. The zero-order valence-electron chi connectivity index (χ0n) is 13.8. The van der Waals surface area contributed by atoms with Crippen LogP contribution in [0.2, 0.25) is 0 Å². The van der Waals surface area contributed by atoms with Crippen molar-refractivity contribution < 1.29 is 14.4 Å². The molecule has 4 rings (SSSR count). The molecule has 7 nitrogen and oxygen atoms in total. The van der Waals surface area contributed by atoms with Gasteiger partial charge in [0, 0.05) is 0 Å². The summed E-state index contributed by atoms with van der Waals surface area (Å²) in [5, 5.41) is 17.2. The number of nitrogens with one attached hydrogen (secondary N) is 1. The lowest BCUT2D eigenvalue weighted by atomic mass is 9.95. The first-order chi connectivity index (χ1) is 12.7. The first-order valence-electron chi connectivity index (χ1n) is 8.20. The van der Waals surface area contributed by atoms with Crippen molar-refractivity contribution in [2.45, 2.75) is 25.7 Å². The van der Waals surface area contributed by atoms with Gasteiger partial charge >= 0.3 is 0 Å². The van der Waals surface area contributed by atoms with Crippen molar-refractivity contribution in [2.24, 2.45) is 0 Å². The topological polar surface area (TPSA) is 101 Å². The summed E-state index contributed by atoms with van der Waals surface area (Å²) in [7, 11) is 0. The second kappa shape index (κ2) is 7.19. The first-order valence-corrected chi connectivity index (χ1v) is 9.01. The summed E-state index contributed by atoms with van der Waals surface area (Å²) in [4.78, 5) is 17.0. The second-order valence-electron chi connectivity index (χ2n) is 5.93. The zero-order chi connectivity index (χ0) is 17.9. The van der Waals surface area contributed by atoms with Crippen LogP contribution in [0.1, 0.15) is 39.3 Å². The average Bonchev–Trinajstić information content (AvgIpc) is 3.28. The Morgan fingerprint density at radius 2 is 2.00 bits per heavy atom. The highest BCUT2D eigenvalue weighted by Crippen LogP contribution is 2.33. The molecule has 0 radical (unpaired) electrons. The van der Waals surface area contributed by atoms with Crippen LogP contribution in [-0.2, 0) is 24.1 Å². The molecule has 1 aliphatic rings. The van der Waals surface area contributed by atoms with E-state index in [1.165, 1.54) is 21.5 Å². The van der Waals surface area contributed by atoms with E-state index in [2.05, 4.69) is 33.4 Å². The minimum absolute atomic E-state index is 0.152. The largest absolute Gasteiger partial charge is 0.424 e. The number of aryl methyl sites for hydroxylation is 1. The number of aromatic nitrogens is 3. The van der Waals surface area contributed by atoms with Crippen molar-refractivity contribution in [2.75, 3.05) is 0 Å². The molecule has 2 heterocycles. The minimum Gasteiger partial charge on any atom is -0.424 e. The number of allylic oxidation sites excluding steroid dienone is 1. The summed E-state index contributed by atoms with van der Waals surface area (Å²) in [6.07, 6.45) is 4.38. The molecule has 0 saturated carbocycles. The first kappa shape index (κ1) is 16.6. The highest BCUT2D eigenvalue weighted by Gasteiger charge is 2.18. The van der Waals surface area contributed by atoms with Gasteiger partial charge in [-0.25, -0.2) is 10.5 Å². The van der Waals surface area contributed by atoms with E-state index in [9.17, 15) is 4.79 Å². The van der Waals surface area contributed by atoms with Gasteiger partial charge in [-0.05, 0) is 30.1 Å². The SMILES string of the molecule is O=C(Cc1nnc(Cc2nc3c(s2)C=C(c2ccccc2)CC3)o1)NO. The Balaban J connectivity index is 1.50. The van der Waals surface area contributed by atoms with E-state index in [4.69, 9.17) is 9.62 Å². The minimum atomic E-state index is -0.594. The Hall–Kier alpha value is -2.84. The van der Waals surface area contributed by atoms with Crippen molar-refractivity contribution in [3.63, 3.8) is 0 Å². The van der Waals surface area contributed by atoms with Crippen LogP contribution in [0.15, 0.2) is 34.7 Å². The third kappa shape index (κ3) is 3.56. The van der Waals surface area contributed by atoms with Crippen molar-refractivity contribution in [1.29, 1.82) is 0 Å². The van der Waals surface area contributed by atoms with Crippen LogP contribution in [0.4, 0.5) is 0 Å². The van der Waals surface area contributed by atoms with Crippen LogP contribution in [0.5, 0.6) is 0 Å². The number of nitrogens with zero attached hydrogens (tertiary/aromatic N) is 3. The Morgan fingerprint density at radius 1 is 1.19 bits per heavy atom. The molecule has 0 saturated heterocycles. The van der Waals surface area contributed by atoms with Crippen LogP contribution in [-0.4, -0.2) is 26.3 Å². The fourth-order valence-electron chi connectivity index (χ4n) is 2.88. The Kier molecular flexibility index (Phi) is 4.59. The van der Waals surface area contributed by atoms with Gasteiger partial charge in [0.05, 0.1) is 17.0 Å². The molecule has 1 aliphatic carbocycles. The molecule has 0 bridgehead atoms. The van der Waals surface area contributed by atoms with Gasteiger partial charge in [-0.2, -0.15) is 0 Å². The predicted octanol–water partition coefficient (Wildman–Crippen LogP) is 2.65. The van der Waals surface area contributed by atoms with Gasteiger partial charge in [-0.3, -0.25) is 10.0 Å². The van der Waals surface area contributed by atoms with Gasteiger partial charge in [-0.15, -0.1) is 21.5 Å². The van der Waals surface area contributed by atoms with E-state index < -0.39 is 5.91 Å². The molecule has 1 aromatic carbocycles. The monoisotopic (exact) mass is 368 g/mol. The third-order valence-corrected chi connectivity index (χ3v) is 5.15. The molecule has 26 heavy (non-hydrogen) atoms. The number of fused-ring (bicyclic) bond motifs is 1. The lowest BCUT2D eigenvalue weighted by Gasteiger charge is -2.12. The zero-order valence-corrected chi connectivity index (χ0v) is 14.6. The standard InChI is InChI=1S/C18H16N4O3S/c23-15(22-24)9-16-20-21-17(25-16)10-18-19-13-7-6-12(8-14(13)26-18)11-4-2-1-3-5-11/h1-5,8,24H,6-7,9-10H2,(H,22,23). The maximum atomic E-state index is 11.1. The Labute approximate surface area is 153 Å². The molecule has 2 aromatic heterocycles. The number of amides is 1. The van der Waals surface area contributed by atoms with Gasteiger partial charge in [-0.1, -0.05) is 30.3 Å².